The molecule has 3 heteroatoms. The van der Waals surface area contributed by atoms with Crippen molar-refractivity contribution >= 4 is 10.8 Å². The Balaban J connectivity index is 3.79. The first-order chi connectivity index (χ1) is 6.13. The Hall–Kier alpha value is 0.110. The van der Waals surface area contributed by atoms with Crippen LogP contribution in [0, 0.1) is 0 Å². The SMILES string of the molecule is CCCCS(=O)C(C)C(C)NCC. The van der Waals surface area contributed by atoms with Crippen molar-refractivity contribution in [2.45, 2.75) is 51.8 Å². The molecule has 0 saturated heterocycles. The van der Waals surface area contributed by atoms with Gasteiger partial charge in [-0.25, -0.2) is 0 Å². The Morgan fingerprint density at radius 2 is 1.92 bits per heavy atom. The predicted molar refractivity (Wildman–Crippen MR) is 60.5 cm³/mol. The van der Waals surface area contributed by atoms with E-state index in [2.05, 4.69) is 33.0 Å². The van der Waals surface area contributed by atoms with E-state index in [9.17, 15) is 4.21 Å². The number of hydrogen-bond donors (Lipinski definition) is 1. The lowest BCUT2D eigenvalue weighted by Gasteiger charge is -2.19. The molecule has 0 saturated carbocycles. The highest BCUT2D eigenvalue weighted by molar-refractivity contribution is 7.85. The van der Waals surface area contributed by atoms with E-state index in [4.69, 9.17) is 0 Å². The number of nitrogens with one attached hydrogen (secondary N) is 1. The molecule has 3 unspecified atom stereocenters. The number of rotatable bonds is 7. The summed E-state index contributed by atoms with van der Waals surface area (Å²) in [5, 5.41) is 3.58. The smallest absolute Gasteiger partial charge is 0.0470 e. The molecule has 0 aromatic heterocycles. The lowest BCUT2D eigenvalue weighted by Crippen LogP contribution is -2.38. The topological polar surface area (TPSA) is 29.1 Å². The van der Waals surface area contributed by atoms with E-state index in [0.29, 0.717) is 6.04 Å². The minimum atomic E-state index is -0.659. The Morgan fingerprint density at radius 3 is 2.38 bits per heavy atom. The van der Waals surface area contributed by atoms with Gasteiger partial charge in [-0.2, -0.15) is 0 Å². The Kier molecular flexibility index (Phi) is 7.57. The molecular formula is C10H23NOS. The molecule has 2 nitrogen and oxygen atoms in total. The summed E-state index contributed by atoms with van der Waals surface area (Å²) in [4.78, 5) is 0. The van der Waals surface area contributed by atoms with Crippen molar-refractivity contribution in [1.82, 2.24) is 5.32 Å². The number of hydrogen-bond acceptors (Lipinski definition) is 2. The van der Waals surface area contributed by atoms with Gasteiger partial charge in [0.05, 0.1) is 0 Å². The van der Waals surface area contributed by atoms with Gasteiger partial charge in [0.1, 0.15) is 0 Å². The van der Waals surface area contributed by atoms with Crippen molar-refractivity contribution in [2.75, 3.05) is 12.3 Å². The van der Waals surface area contributed by atoms with Crippen molar-refractivity contribution in [3.8, 4) is 0 Å². The number of unbranched alkanes of at least 4 members (excludes halogenated alkanes) is 1. The van der Waals surface area contributed by atoms with Crippen LogP contribution in [-0.2, 0) is 10.8 Å². The fourth-order valence-corrected chi connectivity index (χ4v) is 2.68. The molecule has 0 aromatic rings. The van der Waals surface area contributed by atoms with Gasteiger partial charge in [0, 0.05) is 27.8 Å². The monoisotopic (exact) mass is 205 g/mol. The van der Waals surface area contributed by atoms with Crippen LogP contribution in [0.5, 0.6) is 0 Å². The quantitative estimate of drug-likeness (QED) is 0.688. The third-order valence-corrected chi connectivity index (χ3v) is 4.27. The van der Waals surface area contributed by atoms with Crippen molar-refractivity contribution in [2.24, 2.45) is 0 Å². The van der Waals surface area contributed by atoms with Gasteiger partial charge in [-0.1, -0.05) is 20.3 Å². The standard InChI is InChI=1S/C10H23NOS/c1-5-7-8-13(12)10(4)9(3)11-6-2/h9-11H,5-8H2,1-4H3. The summed E-state index contributed by atoms with van der Waals surface area (Å²) in [5.41, 5.74) is 0. The summed E-state index contributed by atoms with van der Waals surface area (Å²) in [6, 6.07) is 0.364. The van der Waals surface area contributed by atoms with Crippen molar-refractivity contribution < 1.29 is 4.21 Å². The van der Waals surface area contributed by atoms with E-state index >= 15 is 0 Å². The summed E-state index contributed by atoms with van der Waals surface area (Å²) < 4.78 is 11.7. The van der Waals surface area contributed by atoms with Gasteiger partial charge in [0.2, 0.25) is 0 Å². The van der Waals surface area contributed by atoms with Crippen LogP contribution in [0.3, 0.4) is 0 Å². The zero-order valence-corrected chi connectivity index (χ0v) is 10.1. The van der Waals surface area contributed by atoms with Crippen molar-refractivity contribution in [3.05, 3.63) is 0 Å². The highest BCUT2D eigenvalue weighted by atomic mass is 32.2. The Morgan fingerprint density at radius 1 is 1.31 bits per heavy atom. The van der Waals surface area contributed by atoms with Gasteiger partial charge in [0.15, 0.2) is 0 Å². The molecule has 0 amide bonds. The maximum atomic E-state index is 11.7. The largest absolute Gasteiger partial charge is 0.313 e. The summed E-state index contributed by atoms with van der Waals surface area (Å²) >= 11 is 0. The average Bonchev–Trinajstić information content (AvgIpc) is 2.13. The summed E-state index contributed by atoms with van der Waals surface area (Å²) in [6.45, 7) is 9.35. The van der Waals surface area contributed by atoms with E-state index in [1.165, 1.54) is 0 Å². The van der Waals surface area contributed by atoms with Crippen molar-refractivity contribution in [3.63, 3.8) is 0 Å². The van der Waals surface area contributed by atoms with Gasteiger partial charge in [-0.15, -0.1) is 0 Å². The van der Waals surface area contributed by atoms with Crippen LogP contribution in [0.15, 0.2) is 0 Å². The minimum absolute atomic E-state index is 0.270. The molecule has 80 valence electrons. The molecule has 0 aromatic carbocycles. The Bertz CT molecular complexity index is 150. The first-order valence-corrected chi connectivity index (χ1v) is 6.62. The molecule has 0 fully saturated rings. The van der Waals surface area contributed by atoms with Crippen molar-refractivity contribution in [1.29, 1.82) is 0 Å². The zero-order chi connectivity index (χ0) is 10.3. The van der Waals surface area contributed by atoms with Crippen LogP contribution < -0.4 is 5.32 Å². The van der Waals surface area contributed by atoms with Gasteiger partial charge >= 0.3 is 0 Å². The lowest BCUT2D eigenvalue weighted by atomic mass is 10.2. The molecule has 0 aliphatic heterocycles. The van der Waals surface area contributed by atoms with Gasteiger partial charge < -0.3 is 5.32 Å². The van der Waals surface area contributed by atoms with E-state index in [1.54, 1.807) is 0 Å². The second-order valence-electron chi connectivity index (χ2n) is 3.49. The Labute approximate surface area is 84.9 Å². The fourth-order valence-electron chi connectivity index (χ4n) is 1.19. The van der Waals surface area contributed by atoms with Crippen LogP contribution in [0.25, 0.3) is 0 Å². The van der Waals surface area contributed by atoms with Gasteiger partial charge in [0.25, 0.3) is 0 Å². The highest BCUT2D eigenvalue weighted by Crippen LogP contribution is 2.04. The summed E-state index contributed by atoms with van der Waals surface area (Å²) in [7, 11) is -0.659. The molecule has 1 N–H and O–H groups in total. The molecule has 13 heavy (non-hydrogen) atoms. The second-order valence-corrected chi connectivity index (χ2v) is 5.40. The average molecular weight is 205 g/mol. The second kappa shape index (κ2) is 7.51. The first kappa shape index (κ1) is 13.1. The van der Waals surface area contributed by atoms with E-state index in [-0.39, 0.29) is 5.25 Å². The summed E-state index contributed by atoms with van der Waals surface area (Å²) in [6.07, 6.45) is 2.21. The van der Waals surface area contributed by atoms with E-state index < -0.39 is 10.8 Å². The molecule has 0 rings (SSSR count). The molecule has 0 aliphatic carbocycles. The molecule has 3 atom stereocenters. The van der Waals surface area contributed by atoms with Crippen LogP contribution in [0.4, 0.5) is 0 Å². The molecule has 0 heterocycles. The van der Waals surface area contributed by atoms with Gasteiger partial charge in [-0.05, 0) is 26.8 Å². The summed E-state index contributed by atoms with van der Waals surface area (Å²) in [5.74, 6) is 0.855. The molecule has 0 aliphatic rings. The normalized spacial score (nSPS) is 18.2. The third-order valence-electron chi connectivity index (χ3n) is 2.34. The fraction of sp³-hybridized carbons (Fsp3) is 1.00. The molecule has 0 radical (unpaired) electrons. The van der Waals surface area contributed by atoms with Gasteiger partial charge in [-0.3, -0.25) is 4.21 Å². The molecular weight excluding hydrogens is 182 g/mol. The van der Waals surface area contributed by atoms with Crippen LogP contribution in [0.2, 0.25) is 0 Å². The highest BCUT2D eigenvalue weighted by Gasteiger charge is 2.16. The zero-order valence-electron chi connectivity index (χ0n) is 9.30. The lowest BCUT2D eigenvalue weighted by molar-refractivity contribution is 0.549. The van der Waals surface area contributed by atoms with Crippen LogP contribution >= 0.6 is 0 Å². The maximum Gasteiger partial charge on any atom is 0.0470 e. The first-order valence-electron chi connectivity index (χ1n) is 5.24. The van der Waals surface area contributed by atoms with E-state index in [1.807, 2.05) is 0 Å². The maximum absolute atomic E-state index is 11.7. The predicted octanol–water partition coefficient (Wildman–Crippen LogP) is 1.92. The third kappa shape index (κ3) is 5.42. The molecule has 0 bridgehead atoms. The van der Waals surface area contributed by atoms with E-state index in [0.717, 1.165) is 25.1 Å². The molecule has 0 spiro atoms. The van der Waals surface area contributed by atoms with Crippen LogP contribution in [-0.4, -0.2) is 27.8 Å². The van der Waals surface area contributed by atoms with Crippen LogP contribution in [0.1, 0.15) is 40.5 Å². The minimum Gasteiger partial charge on any atom is -0.313 e.